The highest BCUT2D eigenvalue weighted by Gasteiger charge is 2.37. The molecule has 0 aliphatic carbocycles. The third-order valence-corrected chi connectivity index (χ3v) is 5.47. The number of aryl methyl sites for hydroxylation is 1. The number of carbonyl (C=O) groups is 1. The van der Waals surface area contributed by atoms with E-state index in [1.165, 1.54) is 20.0 Å². The standard InChI is InChI=1S/C18H19F3N4O2/c1-10(26)24-7-11-3-13(9-24)15-4-12(5-17(27)25(15)8-11)14-6-16(18(19,20)21)22-23(14)2/h4-6,11,13H,3,7-9H2,1-2H3/t11-,13+/m0/s1. The topological polar surface area (TPSA) is 60.1 Å². The monoisotopic (exact) mass is 380 g/mol. The highest BCUT2D eigenvalue weighted by molar-refractivity contribution is 5.73. The highest BCUT2D eigenvalue weighted by Crippen LogP contribution is 2.37. The number of piperidine rings is 1. The molecule has 9 heteroatoms. The summed E-state index contributed by atoms with van der Waals surface area (Å²) in [6.07, 6.45) is -3.68. The van der Waals surface area contributed by atoms with Gasteiger partial charge in [-0.1, -0.05) is 0 Å². The van der Waals surface area contributed by atoms with Gasteiger partial charge in [-0.2, -0.15) is 18.3 Å². The first-order valence-corrected chi connectivity index (χ1v) is 8.75. The van der Waals surface area contributed by atoms with E-state index >= 15 is 0 Å². The first kappa shape index (κ1) is 17.8. The Morgan fingerprint density at radius 1 is 1.19 bits per heavy atom. The van der Waals surface area contributed by atoms with Crippen LogP contribution in [0.1, 0.15) is 30.7 Å². The molecular weight excluding hydrogens is 361 g/mol. The smallest absolute Gasteiger partial charge is 0.342 e. The lowest BCUT2D eigenvalue weighted by atomic mass is 9.82. The molecule has 2 bridgehead atoms. The maximum absolute atomic E-state index is 13.0. The molecule has 4 heterocycles. The van der Waals surface area contributed by atoms with Crippen molar-refractivity contribution in [3.63, 3.8) is 0 Å². The van der Waals surface area contributed by atoms with E-state index in [-0.39, 0.29) is 29.0 Å². The van der Waals surface area contributed by atoms with Gasteiger partial charge in [0.05, 0.1) is 5.69 Å². The maximum atomic E-state index is 13.0. The third kappa shape index (κ3) is 3.04. The summed E-state index contributed by atoms with van der Waals surface area (Å²) < 4.78 is 41.7. The van der Waals surface area contributed by atoms with Gasteiger partial charge in [0.15, 0.2) is 5.69 Å². The first-order chi connectivity index (χ1) is 12.6. The van der Waals surface area contributed by atoms with Crippen LogP contribution in [0.2, 0.25) is 0 Å². The molecule has 4 rings (SSSR count). The van der Waals surface area contributed by atoms with Gasteiger partial charge in [0.1, 0.15) is 0 Å². The van der Waals surface area contributed by atoms with Gasteiger partial charge in [-0.25, -0.2) is 0 Å². The van der Waals surface area contributed by atoms with Crippen LogP contribution in [-0.2, 0) is 24.6 Å². The molecule has 27 heavy (non-hydrogen) atoms. The number of amides is 1. The minimum absolute atomic E-state index is 0.00175. The Morgan fingerprint density at radius 3 is 2.56 bits per heavy atom. The van der Waals surface area contributed by atoms with Gasteiger partial charge in [0, 0.05) is 56.8 Å². The minimum atomic E-state index is -4.54. The van der Waals surface area contributed by atoms with Crippen molar-refractivity contribution in [3.05, 3.63) is 39.9 Å². The normalized spacial score (nSPS) is 21.9. The number of likely N-dealkylation sites (tertiary alicyclic amines) is 1. The van der Waals surface area contributed by atoms with E-state index in [2.05, 4.69) is 5.10 Å². The molecule has 0 radical (unpaired) electrons. The van der Waals surface area contributed by atoms with Crippen LogP contribution in [0.4, 0.5) is 13.2 Å². The second-order valence-electron chi connectivity index (χ2n) is 7.38. The molecule has 0 unspecified atom stereocenters. The summed E-state index contributed by atoms with van der Waals surface area (Å²) in [5.74, 6) is 0.222. The molecule has 0 saturated carbocycles. The molecule has 0 N–H and O–H groups in total. The Kier molecular flexibility index (Phi) is 3.94. The van der Waals surface area contributed by atoms with Gasteiger partial charge >= 0.3 is 6.18 Å². The Balaban J connectivity index is 1.78. The second kappa shape index (κ2) is 5.97. The van der Waals surface area contributed by atoms with Gasteiger partial charge in [-0.05, 0) is 24.5 Å². The Bertz CT molecular complexity index is 976. The van der Waals surface area contributed by atoms with Crippen LogP contribution in [-0.4, -0.2) is 38.2 Å². The molecule has 0 spiro atoms. The Hall–Kier alpha value is -2.58. The largest absolute Gasteiger partial charge is 0.435 e. The molecule has 2 aromatic heterocycles. The summed E-state index contributed by atoms with van der Waals surface area (Å²) in [4.78, 5) is 26.2. The van der Waals surface area contributed by atoms with Crippen LogP contribution in [0.25, 0.3) is 11.3 Å². The van der Waals surface area contributed by atoms with Crippen molar-refractivity contribution in [2.75, 3.05) is 13.1 Å². The van der Waals surface area contributed by atoms with E-state index in [4.69, 9.17) is 0 Å². The molecule has 2 aromatic rings. The van der Waals surface area contributed by atoms with Gasteiger partial charge in [0.25, 0.3) is 5.56 Å². The van der Waals surface area contributed by atoms with Gasteiger partial charge in [0.2, 0.25) is 5.91 Å². The van der Waals surface area contributed by atoms with Gasteiger partial charge < -0.3 is 9.47 Å². The zero-order valence-corrected chi connectivity index (χ0v) is 15.0. The molecule has 1 fully saturated rings. The van der Waals surface area contributed by atoms with E-state index in [1.54, 1.807) is 15.5 Å². The van der Waals surface area contributed by atoms with Crippen molar-refractivity contribution in [3.8, 4) is 11.3 Å². The number of pyridine rings is 1. The third-order valence-electron chi connectivity index (χ3n) is 5.47. The minimum Gasteiger partial charge on any atom is -0.342 e. The number of nitrogens with zero attached hydrogens (tertiary/aromatic N) is 4. The van der Waals surface area contributed by atoms with Crippen LogP contribution >= 0.6 is 0 Å². The molecule has 6 nitrogen and oxygen atoms in total. The summed E-state index contributed by atoms with van der Waals surface area (Å²) in [5, 5.41) is 3.53. The van der Waals surface area contributed by atoms with Crippen LogP contribution in [0.15, 0.2) is 23.0 Å². The van der Waals surface area contributed by atoms with Crippen molar-refractivity contribution >= 4 is 5.91 Å². The predicted molar refractivity (Wildman–Crippen MR) is 91.0 cm³/mol. The Labute approximate surface area is 153 Å². The van der Waals surface area contributed by atoms with E-state index in [9.17, 15) is 22.8 Å². The molecule has 2 aliphatic heterocycles. The van der Waals surface area contributed by atoms with E-state index < -0.39 is 11.9 Å². The lowest BCUT2D eigenvalue weighted by molar-refractivity contribution is -0.141. The fourth-order valence-corrected chi connectivity index (χ4v) is 4.24. The molecule has 144 valence electrons. The summed E-state index contributed by atoms with van der Waals surface area (Å²) in [6, 6.07) is 4.09. The second-order valence-corrected chi connectivity index (χ2v) is 7.38. The van der Waals surface area contributed by atoms with Crippen molar-refractivity contribution in [1.29, 1.82) is 0 Å². The SMILES string of the molecule is CC(=O)N1C[C@@H]2C[C@H](C1)c1cc(-c3cc(C(F)(F)F)nn3C)cc(=O)n1C2. The molecule has 2 aliphatic rings. The molecule has 1 amide bonds. The van der Waals surface area contributed by atoms with Crippen LogP contribution in [0, 0.1) is 5.92 Å². The van der Waals surface area contributed by atoms with E-state index in [0.717, 1.165) is 22.9 Å². The van der Waals surface area contributed by atoms with Crippen molar-refractivity contribution in [1.82, 2.24) is 19.2 Å². The lowest BCUT2D eigenvalue weighted by Gasteiger charge is -2.42. The summed E-state index contributed by atoms with van der Waals surface area (Å²) in [7, 11) is 1.43. The van der Waals surface area contributed by atoms with E-state index in [1.807, 2.05) is 0 Å². The van der Waals surface area contributed by atoms with E-state index in [0.29, 0.717) is 25.2 Å². The zero-order valence-electron chi connectivity index (χ0n) is 15.0. The number of carbonyl (C=O) groups excluding carboxylic acids is 1. The molecule has 2 atom stereocenters. The number of rotatable bonds is 1. The van der Waals surface area contributed by atoms with Crippen LogP contribution in [0.5, 0.6) is 0 Å². The lowest BCUT2D eigenvalue weighted by Crippen LogP contribution is -2.48. The number of alkyl halides is 3. The number of hydrogen-bond acceptors (Lipinski definition) is 3. The quantitative estimate of drug-likeness (QED) is 0.762. The maximum Gasteiger partial charge on any atom is 0.435 e. The zero-order chi connectivity index (χ0) is 19.5. The van der Waals surface area contributed by atoms with Crippen molar-refractivity contribution in [2.45, 2.75) is 32.0 Å². The molecule has 1 saturated heterocycles. The van der Waals surface area contributed by atoms with Crippen LogP contribution in [0.3, 0.4) is 0 Å². The average Bonchev–Trinajstić information content (AvgIpc) is 2.97. The van der Waals surface area contributed by atoms with Crippen LogP contribution < -0.4 is 5.56 Å². The number of fused-ring (bicyclic) bond motifs is 4. The number of hydrogen-bond donors (Lipinski definition) is 0. The van der Waals surface area contributed by atoms with Crippen molar-refractivity contribution < 1.29 is 18.0 Å². The van der Waals surface area contributed by atoms with Gasteiger partial charge in [-0.15, -0.1) is 0 Å². The number of aromatic nitrogens is 3. The fourth-order valence-electron chi connectivity index (χ4n) is 4.24. The number of halogens is 3. The Morgan fingerprint density at radius 2 is 1.93 bits per heavy atom. The first-order valence-electron chi connectivity index (χ1n) is 8.75. The average molecular weight is 380 g/mol. The molecular formula is C18H19F3N4O2. The fraction of sp³-hybridized carbons (Fsp3) is 0.500. The summed E-state index contributed by atoms with van der Waals surface area (Å²) in [5.41, 5.74) is 0.204. The predicted octanol–water partition coefficient (Wildman–Crippen LogP) is 2.23. The molecule has 0 aromatic carbocycles. The van der Waals surface area contributed by atoms with Gasteiger partial charge in [-0.3, -0.25) is 14.3 Å². The highest BCUT2D eigenvalue weighted by atomic mass is 19.4. The summed E-state index contributed by atoms with van der Waals surface area (Å²) >= 11 is 0. The van der Waals surface area contributed by atoms with Crippen molar-refractivity contribution in [2.24, 2.45) is 13.0 Å². The summed E-state index contributed by atoms with van der Waals surface area (Å²) in [6.45, 7) is 3.21.